The maximum Gasteiger partial charge on any atom is 0.277 e. The smallest absolute Gasteiger partial charge is 0.277 e. The largest absolute Gasteiger partial charge is 0.483 e. The number of ether oxygens (including phenoxy) is 1. The molecule has 0 atom stereocenters. The monoisotopic (exact) mass is 488 g/mol. The van der Waals surface area contributed by atoms with E-state index < -0.39 is 0 Å². The van der Waals surface area contributed by atoms with Crippen LogP contribution in [0.4, 0.5) is 0 Å². The van der Waals surface area contributed by atoms with Crippen LogP contribution in [0.25, 0.3) is 16.9 Å². The van der Waals surface area contributed by atoms with E-state index in [-0.39, 0.29) is 12.5 Å². The second-order valence-corrected chi connectivity index (χ2v) is 8.01. The number of para-hydroxylation sites is 1. The van der Waals surface area contributed by atoms with E-state index in [1.165, 1.54) is 5.56 Å². The number of benzene rings is 3. The molecule has 0 fully saturated rings. The van der Waals surface area contributed by atoms with Crippen molar-refractivity contribution in [3.05, 3.63) is 101 Å². The molecule has 4 aromatic rings. The molecule has 6 nitrogen and oxygen atoms in total. The molecule has 0 aliphatic heterocycles. The minimum absolute atomic E-state index is 0.167. The van der Waals surface area contributed by atoms with Crippen LogP contribution in [-0.2, 0) is 4.79 Å². The average Bonchev–Trinajstić information content (AvgIpc) is 3.30. The number of aromatic nitrogens is 2. The normalized spacial score (nSPS) is 10.9. The molecular formula is C25H21BrN4O2. The fourth-order valence-electron chi connectivity index (χ4n) is 3.12. The van der Waals surface area contributed by atoms with Gasteiger partial charge in [-0.3, -0.25) is 4.79 Å². The van der Waals surface area contributed by atoms with Gasteiger partial charge in [0.25, 0.3) is 5.91 Å². The molecule has 0 saturated carbocycles. The number of amides is 1. The lowest BCUT2D eigenvalue weighted by molar-refractivity contribution is -0.123. The number of hydrogen-bond acceptors (Lipinski definition) is 4. The Labute approximate surface area is 194 Å². The van der Waals surface area contributed by atoms with Crippen molar-refractivity contribution in [3.63, 3.8) is 0 Å². The zero-order valence-electron chi connectivity index (χ0n) is 17.4. The molecule has 0 aliphatic carbocycles. The van der Waals surface area contributed by atoms with E-state index in [2.05, 4.69) is 31.6 Å². The number of carbonyl (C=O) groups is 1. The quantitative estimate of drug-likeness (QED) is 0.289. The van der Waals surface area contributed by atoms with E-state index in [1.54, 1.807) is 12.4 Å². The summed E-state index contributed by atoms with van der Waals surface area (Å²) < 4.78 is 8.57. The zero-order valence-corrected chi connectivity index (χ0v) is 19.0. The highest BCUT2D eigenvalue weighted by atomic mass is 79.9. The molecule has 7 heteroatoms. The number of rotatable bonds is 7. The van der Waals surface area contributed by atoms with E-state index in [0.717, 1.165) is 27.0 Å². The van der Waals surface area contributed by atoms with E-state index in [4.69, 9.17) is 4.74 Å². The third-order valence-corrected chi connectivity index (χ3v) is 5.19. The zero-order chi connectivity index (χ0) is 22.3. The summed E-state index contributed by atoms with van der Waals surface area (Å²) in [6, 6.07) is 25.2. The molecular weight excluding hydrogens is 468 g/mol. The average molecular weight is 489 g/mol. The van der Waals surface area contributed by atoms with Crippen molar-refractivity contribution in [2.24, 2.45) is 5.10 Å². The van der Waals surface area contributed by atoms with Crippen LogP contribution < -0.4 is 10.2 Å². The number of halogens is 1. The van der Waals surface area contributed by atoms with Gasteiger partial charge < -0.3 is 4.74 Å². The maximum absolute atomic E-state index is 12.2. The van der Waals surface area contributed by atoms with Gasteiger partial charge in [-0.05, 0) is 48.9 Å². The van der Waals surface area contributed by atoms with Gasteiger partial charge in [0, 0.05) is 10.0 Å². The Morgan fingerprint density at radius 1 is 1.09 bits per heavy atom. The lowest BCUT2D eigenvalue weighted by atomic mass is 10.1. The van der Waals surface area contributed by atoms with Crippen molar-refractivity contribution >= 4 is 28.1 Å². The second kappa shape index (κ2) is 10.1. The number of carbonyl (C=O) groups excluding carboxylic acids is 1. The third kappa shape index (κ3) is 5.31. The van der Waals surface area contributed by atoms with Gasteiger partial charge in [-0.1, -0.05) is 64.0 Å². The van der Waals surface area contributed by atoms with Crippen LogP contribution in [0.5, 0.6) is 5.75 Å². The van der Waals surface area contributed by atoms with E-state index in [1.807, 2.05) is 90.5 Å². The van der Waals surface area contributed by atoms with Gasteiger partial charge in [-0.25, -0.2) is 10.1 Å². The summed E-state index contributed by atoms with van der Waals surface area (Å²) in [6.07, 6.45) is 3.33. The van der Waals surface area contributed by atoms with Gasteiger partial charge in [0.15, 0.2) is 6.61 Å². The number of aryl methyl sites for hydroxylation is 1. The number of hydrogen-bond donors (Lipinski definition) is 1. The highest BCUT2D eigenvalue weighted by Gasteiger charge is 2.14. The van der Waals surface area contributed by atoms with Crippen LogP contribution in [0.15, 0.2) is 94.6 Å². The Bertz CT molecular complexity index is 1230. The lowest BCUT2D eigenvalue weighted by Crippen LogP contribution is -2.24. The first kappa shape index (κ1) is 21.5. The molecule has 160 valence electrons. The molecule has 4 rings (SSSR count). The minimum atomic E-state index is -0.348. The standard InChI is InChI=1S/C25H21BrN4O2/c1-18-7-9-19(10-8-18)16-27-29-25(31)17-32-24-12-11-20(26)15-22(24)23-13-14-28-30(23)21-5-3-2-4-6-21/h2-16H,17H2,1H3,(H,29,31)/b27-16+. The molecule has 0 aliphatic rings. The molecule has 0 spiro atoms. The van der Waals surface area contributed by atoms with Crippen LogP contribution >= 0.6 is 15.9 Å². The first-order valence-corrected chi connectivity index (χ1v) is 10.8. The van der Waals surface area contributed by atoms with Crippen LogP contribution in [0.1, 0.15) is 11.1 Å². The molecule has 0 bridgehead atoms. The first-order chi connectivity index (χ1) is 15.6. The molecule has 32 heavy (non-hydrogen) atoms. The molecule has 1 amide bonds. The summed E-state index contributed by atoms with van der Waals surface area (Å²) in [6.45, 7) is 1.85. The van der Waals surface area contributed by atoms with Gasteiger partial charge in [-0.15, -0.1) is 0 Å². The number of nitrogens with one attached hydrogen (secondary N) is 1. The summed E-state index contributed by atoms with van der Waals surface area (Å²) in [5.74, 6) is 0.224. The highest BCUT2D eigenvalue weighted by Crippen LogP contribution is 2.33. The molecule has 0 radical (unpaired) electrons. The number of hydrazone groups is 1. The van der Waals surface area contributed by atoms with Gasteiger partial charge >= 0.3 is 0 Å². The van der Waals surface area contributed by atoms with Crippen LogP contribution in [0.3, 0.4) is 0 Å². The molecule has 3 aromatic carbocycles. The lowest BCUT2D eigenvalue weighted by Gasteiger charge is -2.13. The van der Waals surface area contributed by atoms with Crippen LogP contribution in [0.2, 0.25) is 0 Å². The molecule has 1 N–H and O–H groups in total. The van der Waals surface area contributed by atoms with Gasteiger partial charge in [-0.2, -0.15) is 10.2 Å². The Kier molecular flexibility index (Phi) is 6.77. The topological polar surface area (TPSA) is 68.5 Å². The van der Waals surface area contributed by atoms with Crippen molar-refractivity contribution in [2.75, 3.05) is 6.61 Å². The molecule has 0 unspecified atom stereocenters. The third-order valence-electron chi connectivity index (χ3n) is 4.70. The second-order valence-electron chi connectivity index (χ2n) is 7.10. The van der Waals surface area contributed by atoms with Crippen molar-refractivity contribution < 1.29 is 9.53 Å². The van der Waals surface area contributed by atoms with Crippen molar-refractivity contribution in [3.8, 4) is 22.7 Å². The van der Waals surface area contributed by atoms with E-state index in [0.29, 0.717) is 5.75 Å². The summed E-state index contributed by atoms with van der Waals surface area (Å²) in [5.41, 5.74) is 7.17. The summed E-state index contributed by atoms with van der Waals surface area (Å²) >= 11 is 3.52. The van der Waals surface area contributed by atoms with E-state index >= 15 is 0 Å². The van der Waals surface area contributed by atoms with Gasteiger partial charge in [0.2, 0.25) is 0 Å². The van der Waals surface area contributed by atoms with Gasteiger partial charge in [0.1, 0.15) is 5.75 Å². The summed E-state index contributed by atoms with van der Waals surface area (Å²) in [4.78, 5) is 12.2. The van der Waals surface area contributed by atoms with Gasteiger partial charge in [0.05, 0.1) is 23.8 Å². The SMILES string of the molecule is Cc1ccc(/C=N/NC(=O)COc2ccc(Br)cc2-c2ccnn2-c2ccccc2)cc1. The Morgan fingerprint density at radius 3 is 2.66 bits per heavy atom. The summed E-state index contributed by atoms with van der Waals surface area (Å²) in [5, 5.41) is 8.45. The maximum atomic E-state index is 12.2. The van der Waals surface area contributed by atoms with E-state index in [9.17, 15) is 4.79 Å². The highest BCUT2D eigenvalue weighted by molar-refractivity contribution is 9.10. The summed E-state index contributed by atoms with van der Waals surface area (Å²) in [7, 11) is 0. The van der Waals surface area contributed by atoms with Crippen molar-refractivity contribution in [1.29, 1.82) is 0 Å². The number of nitrogens with zero attached hydrogens (tertiary/aromatic N) is 3. The molecule has 0 saturated heterocycles. The fourth-order valence-corrected chi connectivity index (χ4v) is 3.48. The predicted octanol–water partition coefficient (Wildman–Crippen LogP) is 5.14. The Balaban J connectivity index is 1.47. The van der Waals surface area contributed by atoms with Crippen LogP contribution in [-0.4, -0.2) is 28.5 Å². The van der Waals surface area contributed by atoms with Crippen LogP contribution in [0, 0.1) is 6.92 Å². The Hall–Kier alpha value is -3.71. The molecule has 1 aromatic heterocycles. The minimum Gasteiger partial charge on any atom is -0.483 e. The predicted molar refractivity (Wildman–Crippen MR) is 129 cm³/mol. The fraction of sp³-hybridized carbons (Fsp3) is 0.0800. The molecule has 1 heterocycles. The van der Waals surface area contributed by atoms with Crippen molar-refractivity contribution in [2.45, 2.75) is 6.92 Å². The Morgan fingerprint density at radius 2 is 1.88 bits per heavy atom. The first-order valence-electron chi connectivity index (χ1n) is 10.0. The van der Waals surface area contributed by atoms with Crippen molar-refractivity contribution in [1.82, 2.24) is 15.2 Å².